The first kappa shape index (κ1) is 23.1. The number of terminal acetylenes is 1. The van der Waals surface area contributed by atoms with Gasteiger partial charge in [-0.15, -0.1) is 6.42 Å². The Morgan fingerprint density at radius 3 is 2.57 bits per heavy atom. The number of thiazole rings is 1. The van der Waals surface area contributed by atoms with Crippen molar-refractivity contribution in [3.63, 3.8) is 0 Å². The molecule has 182 valence electrons. The fourth-order valence-corrected chi connectivity index (χ4v) is 6.05. The Morgan fingerprint density at radius 2 is 1.81 bits per heavy atom. The van der Waals surface area contributed by atoms with Crippen molar-refractivity contribution in [2.45, 2.75) is 18.9 Å². The van der Waals surface area contributed by atoms with E-state index in [0.717, 1.165) is 41.0 Å². The van der Waals surface area contributed by atoms with Crippen LogP contribution in [0.3, 0.4) is 0 Å². The fraction of sp³-hybridized carbons (Fsp3) is 0.161. The van der Waals surface area contributed by atoms with E-state index in [0.29, 0.717) is 15.1 Å². The lowest BCUT2D eigenvalue weighted by molar-refractivity contribution is 0.370. The van der Waals surface area contributed by atoms with E-state index in [9.17, 15) is 4.79 Å². The summed E-state index contributed by atoms with van der Waals surface area (Å²) in [6, 6.07) is 23.8. The molecule has 2 heterocycles. The number of benzene rings is 3. The number of aryl methyl sites for hydroxylation is 1. The van der Waals surface area contributed by atoms with E-state index in [2.05, 4.69) is 30.2 Å². The van der Waals surface area contributed by atoms with Gasteiger partial charge in [0.2, 0.25) is 0 Å². The molecule has 0 amide bonds. The number of rotatable bonds is 5. The molecule has 1 aliphatic heterocycles. The van der Waals surface area contributed by atoms with Crippen molar-refractivity contribution >= 4 is 23.1 Å². The summed E-state index contributed by atoms with van der Waals surface area (Å²) >= 11 is 1.42. The lowest BCUT2D eigenvalue weighted by Crippen LogP contribution is -2.38. The molecule has 37 heavy (non-hydrogen) atoms. The molecule has 2 aliphatic rings. The van der Waals surface area contributed by atoms with Gasteiger partial charge in [0.15, 0.2) is 4.80 Å². The van der Waals surface area contributed by atoms with Gasteiger partial charge in [0.1, 0.15) is 18.1 Å². The predicted molar refractivity (Wildman–Crippen MR) is 147 cm³/mol. The minimum absolute atomic E-state index is 0.0392. The van der Waals surface area contributed by atoms with Crippen LogP contribution in [0.4, 0.5) is 0 Å². The van der Waals surface area contributed by atoms with Gasteiger partial charge in [-0.25, -0.2) is 4.99 Å². The van der Waals surface area contributed by atoms with Gasteiger partial charge < -0.3 is 9.47 Å². The average molecular weight is 505 g/mol. The highest BCUT2D eigenvalue weighted by molar-refractivity contribution is 7.07. The fourth-order valence-electron chi connectivity index (χ4n) is 5.05. The van der Waals surface area contributed by atoms with E-state index in [1.54, 1.807) is 7.11 Å². The van der Waals surface area contributed by atoms with Crippen LogP contribution in [0.25, 0.3) is 11.8 Å². The van der Waals surface area contributed by atoms with Crippen molar-refractivity contribution in [3.05, 3.63) is 120 Å². The van der Waals surface area contributed by atoms with E-state index >= 15 is 0 Å². The van der Waals surface area contributed by atoms with Crippen LogP contribution in [0.15, 0.2) is 88.2 Å². The molecule has 6 rings (SSSR count). The third-order valence-electron chi connectivity index (χ3n) is 6.80. The van der Waals surface area contributed by atoms with Crippen molar-refractivity contribution in [1.29, 1.82) is 0 Å². The number of allylic oxidation sites excluding steroid dienone is 1. The van der Waals surface area contributed by atoms with Gasteiger partial charge in [-0.3, -0.25) is 9.36 Å². The second-order valence-electron chi connectivity index (χ2n) is 8.95. The molecular weight excluding hydrogens is 480 g/mol. The lowest BCUT2D eigenvalue weighted by Gasteiger charge is -2.30. The predicted octanol–water partition coefficient (Wildman–Crippen LogP) is 4.34. The summed E-state index contributed by atoms with van der Waals surface area (Å²) < 4.78 is 13.4. The summed E-state index contributed by atoms with van der Waals surface area (Å²) in [5.41, 5.74) is 6.54. The van der Waals surface area contributed by atoms with Crippen LogP contribution >= 0.6 is 11.3 Å². The van der Waals surface area contributed by atoms with Crippen molar-refractivity contribution in [1.82, 2.24) is 4.57 Å². The van der Waals surface area contributed by atoms with Gasteiger partial charge in [-0.2, -0.15) is 0 Å². The largest absolute Gasteiger partial charge is 0.497 e. The zero-order valence-corrected chi connectivity index (χ0v) is 21.1. The molecule has 0 N–H and O–H groups in total. The van der Waals surface area contributed by atoms with Crippen LogP contribution in [0, 0.1) is 12.3 Å². The van der Waals surface area contributed by atoms with Crippen LogP contribution in [-0.2, 0) is 6.42 Å². The average Bonchev–Trinajstić information content (AvgIpc) is 3.25. The van der Waals surface area contributed by atoms with Crippen molar-refractivity contribution in [2.24, 2.45) is 4.99 Å². The van der Waals surface area contributed by atoms with Crippen molar-refractivity contribution in [3.8, 4) is 23.8 Å². The number of methoxy groups -OCH3 is 1. The van der Waals surface area contributed by atoms with Gasteiger partial charge in [0.25, 0.3) is 5.56 Å². The third kappa shape index (κ3) is 4.18. The second-order valence-corrected chi connectivity index (χ2v) is 9.96. The molecule has 0 saturated carbocycles. The molecule has 3 aromatic carbocycles. The zero-order chi connectivity index (χ0) is 25.4. The summed E-state index contributed by atoms with van der Waals surface area (Å²) in [6.07, 6.45) is 8.97. The van der Waals surface area contributed by atoms with Crippen LogP contribution < -0.4 is 24.4 Å². The summed E-state index contributed by atoms with van der Waals surface area (Å²) in [5, 5.41) is 0. The van der Waals surface area contributed by atoms with Crippen LogP contribution in [0.1, 0.15) is 34.7 Å². The number of hydrogen-bond donors (Lipinski definition) is 0. The standard InChI is InChI=1S/C31H24N2O3S/c1-3-18-36-24-13-8-20(9-14-24)19-27-30(34)33-29(22-10-15-23(35-2)16-11-22)26-17-12-21-6-4-5-7-25(21)28(26)32-31(33)37-27/h1,4-11,13-16,19,29H,12,17-18H2,2H3/b27-19+/t29-/m0/s1. The van der Waals surface area contributed by atoms with Crippen LogP contribution in [-0.4, -0.2) is 18.3 Å². The Hall–Kier alpha value is -4.34. The molecule has 0 unspecified atom stereocenters. The molecule has 1 aliphatic carbocycles. The van der Waals surface area contributed by atoms with Crippen molar-refractivity contribution < 1.29 is 9.47 Å². The van der Waals surface area contributed by atoms with E-state index < -0.39 is 0 Å². The maximum atomic E-state index is 13.8. The maximum Gasteiger partial charge on any atom is 0.271 e. The van der Waals surface area contributed by atoms with Gasteiger partial charge in [0.05, 0.1) is 23.4 Å². The molecule has 6 heteroatoms. The minimum Gasteiger partial charge on any atom is -0.497 e. The normalized spacial score (nSPS) is 16.2. The first-order valence-electron chi connectivity index (χ1n) is 12.1. The first-order valence-corrected chi connectivity index (χ1v) is 12.9. The molecular formula is C31H24N2O3S. The molecule has 1 atom stereocenters. The third-order valence-corrected chi connectivity index (χ3v) is 7.79. The number of ether oxygens (including phenoxy) is 2. The number of nitrogens with zero attached hydrogens (tertiary/aromatic N) is 2. The Balaban J connectivity index is 1.52. The molecule has 0 saturated heterocycles. The Bertz CT molecular complexity index is 1740. The minimum atomic E-state index is -0.216. The van der Waals surface area contributed by atoms with E-state index in [4.69, 9.17) is 20.9 Å². The SMILES string of the molecule is C#CCOc1ccc(/C=c2/sc3n(c2=O)[C@@H](c2ccc(OC)cc2)C2=C(N=3)c3ccccc3CC2)cc1. The molecule has 0 radical (unpaired) electrons. The number of hydrogen-bond acceptors (Lipinski definition) is 5. The van der Waals surface area contributed by atoms with E-state index in [1.165, 1.54) is 22.5 Å². The smallest absolute Gasteiger partial charge is 0.271 e. The van der Waals surface area contributed by atoms with Gasteiger partial charge >= 0.3 is 0 Å². The van der Waals surface area contributed by atoms with Gasteiger partial charge in [-0.1, -0.05) is 65.8 Å². The maximum absolute atomic E-state index is 13.8. The highest BCUT2D eigenvalue weighted by atomic mass is 32.1. The molecule has 0 bridgehead atoms. The van der Waals surface area contributed by atoms with Gasteiger partial charge in [0, 0.05) is 5.56 Å². The summed E-state index contributed by atoms with van der Waals surface area (Å²) in [7, 11) is 1.66. The van der Waals surface area contributed by atoms with Crippen LogP contribution in [0.5, 0.6) is 11.5 Å². The molecule has 5 nitrogen and oxygen atoms in total. The number of fused-ring (bicyclic) bond motifs is 3. The van der Waals surface area contributed by atoms with Crippen LogP contribution in [0.2, 0.25) is 0 Å². The monoisotopic (exact) mass is 504 g/mol. The quantitative estimate of drug-likeness (QED) is 0.380. The second kappa shape index (κ2) is 9.61. The topological polar surface area (TPSA) is 52.8 Å². The number of aromatic nitrogens is 1. The Morgan fingerprint density at radius 1 is 1.05 bits per heavy atom. The molecule has 0 fully saturated rings. The van der Waals surface area contributed by atoms with E-state index in [1.807, 2.05) is 59.2 Å². The highest BCUT2D eigenvalue weighted by Gasteiger charge is 2.32. The highest BCUT2D eigenvalue weighted by Crippen LogP contribution is 2.41. The molecule has 4 aromatic rings. The molecule has 0 spiro atoms. The molecule has 1 aromatic heterocycles. The van der Waals surface area contributed by atoms with Gasteiger partial charge in [-0.05, 0) is 65.4 Å². The summed E-state index contributed by atoms with van der Waals surface area (Å²) in [4.78, 5) is 19.6. The first-order chi connectivity index (χ1) is 18.2. The zero-order valence-electron chi connectivity index (χ0n) is 20.3. The van der Waals surface area contributed by atoms with Crippen molar-refractivity contribution in [2.75, 3.05) is 13.7 Å². The van der Waals surface area contributed by atoms with E-state index in [-0.39, 0.29) is 18.2 Å². The Kier molecular flexibility index (Phi) is 5.99. The lowest BCUT2D eigenvalue weighted by atomic mass is 9.83. The summed E-state index contributed by atoms with van der Waals surface area (Å²) in [6.45, 7) is 0.219. The summed E-state index contributed by atoms with van der Waals surface area (Å²) in [5.74, 6) is 3.95. The Labute approximate surface area is 218 Å².